The highest BCUT2D eigenvalue weighted by Crippen LogP contribution is 2.25. The van der Waals surface area contributed by atoms with E-state index in [-0.39, 0.29) is 5.56 Å². The molecule has 9 heteroatoms. The Morgan fingerprint density at radius 1 is 1.07 bits per heavy atom. The number of hydrogen-bond acceptors (Lipinski definition) is 4. The lowest BCUT2D eigenvalue weighted by atomic mass is 10.1. The summed E-state index contributed by atoms with van der Waals surface area (Å²) in [5, 5.41) is 2.67. The number of aromatic nitrogens is 3. The van der Waals surface area contributed by atoms with Crippen LogP contribution in [0.1, 0.15) is 10.4 Å². The van der Waals surface area contributed by atoms with E-state index < -0.39 is 18.0 Å². The fourth-order valence-electron chi connectivity index (χ4n) is 2.76. The molecule has 1 amide bonds. The van der Waals surface area contributed by atoms with Gasteiger partial charge in [-0.05, 0) is 36.4 Å². The van der Waals surface area contributed by atoms with Gasteiger partial charge in [-0.1, -0.05) is 18.2 Å². The molecule has 0 bridgehead atoms. The second-order valence-corrected chi connectivity index (χ2v) is 6.06. The van der Waals surface area contributed by atoms with Gasteiger partial charge in [-0.15, -0.1) is 13.2 Å². The van der Waals surface area contributed by atoms with Crippen molar-refractivity contribution < 1.29 is 22.7 Å². The van der Waals surface area contributed by atoms with Crippen LogP contribution >= 0.6 is 0 Å². The number of alkyl halides is 3. The second-order valence-electron chi connectivity index (χ2n) is 6.06. The highest BCUT2D eigenvalue weighted by molar-refractivity contribution is 6.04. The summed E-state index contributed by atoms with van der Waals surface area (Å²) >= 11 is 0. The minimum absolute atomic E-state index is 0.0362. The maximum atomic E-state index is 12.4. The number of fused-ring (bicyclic) bond motifs is 1. The van der Waals surface area contributed by atoms with Gasteiger partial charge >= 0.3 is 6.36 Å². The van der Waals surface area contributed by atoms with Crippen LogP contribution in [0.5, 0.6) is 5.75 Å². The predicted octanol–water partition coefficient (Wildman–Crippen LogP) is 4.55. The molecule has 0 aliphatic heterocycles. The molecule has 6 nitrogen and oxygen atoms in total. The summed E-state index contributed by atoms with van der Waals surface area (Å²) in [7, 11) is 0. The van der Waals surface area contributed by atoms with E-state index in [9.17, 15) is 18.0 Å². The summed E-state index contributed by atoms with van der Waals surface area (Å²) in [5.74, 6) is -0.485. The second kappa shape index (κ2) is 7.27. The molecule has 0 unspecified atom stereocenters. The van der Waals surface area contributed by atoms with Crippen LogP contribution in [0, 0.1) is 0 Å². The van der Waals surface area contributed by atoms with Gasteiger partial charge in [0.25, 0.3) is 5.91 Å². The number of rotatable bonds is 4. The molecule has 0 spiro atoms. The van der Waals surface area contributed by atoms with Crippen molar-refractivity contribution in [2.45, 2.75) is 6.36 Å². The first kappa shape index (κ1) is 18.5. The van der Waals surface area contributed by atoms with Gasteiger partial charge in [0.05, 0.1) is 5.69 Å². The summed E-state index contributed by atoms with van der Waals surface area (Å²) in [4.78, 5) is 21.0. The molecule has 0 fully saturated rings. The zero-order valence-corrected chi connectivity index (χ0v) is 14.7. The molecule has 29 heavy (non-hydrogen) atoms. The Morgan fingerprint density at radius 3 is 2.69 bits per heavy atom. The van der Waals surface area contributed by atoms with E-state index >= 15 is 0 Å². The van der Waals surface area contributed by atoms with Crippen LogP contribution in [0.25, 0.3) is 17.0 Å². The molecule has 2 aromatic carbocycles. The quantitative estimate of drug-likeness (QED) is 0.548. The molecule has 4 aromatic rings. The Bertz CT molecular complexity index is 1150. The number of halogens is 3. The van der Waals surface area contributed by atoms with Gasteiger partial charge in [0.1, 0.15) is 5.75 Å². The zero-order chi connectivity index (χ0) is 20.4. The van der Waals surface area contributed by atoms with Crippen LogP contribution in [0.3, 0.4) is 0 Å². The summed E-state index contributed by atoms with van der Waals surface area (Å²) < 4.78 is 42.7. The fraction of sp³-hybridized carbons (Fsp3) is 0.0500. The van der Waals surface area contributed by atoms with E-state index in [1.165, 1.54) is 12.1 Å². The first-order valence-electron chi connectivity index (χ1n) is 8.45. The molecule has 0 aliphatic carbocycles. The number of nitrogens with one attached hydrogen (secondary N) is 1. The molecule has 0 saturated carbocycles. The summed E-state index contributed by atoms with van der Waals surface area (Å²) in [6, 6.07) is 13.6. The van der Waals surface area contributed by atoms with E-state index in [1.54, 1.807) is 41.1 Å². The first-order chi connectivity index (χ1) is 13.9. The summed E-state index contributed by atoms with van der Waals surface area (Å²) in [6.45, 7) is 0. The van der Waals surface area contributed by atoms with Gasteiger partial charge in [0.15, 0.2) is 0 Å². The Balaban J connectivity index is 1.55. The number of carbonyl (C=O) groups excluding carboxylic acids is 1. The van der Waals surface area contributed by atoms with Crippen molar-refractivity contribution in [1.82, 2.24) is 14.4 Å². The molecule has 0 radical (unpaired) electrons. The molecule has 1 N–H and O–H groups in total. The molecule has 0 atom stereocenters. The van der Waals surface area contributed by atoms with Crippen LogP contribution in [-0.4, -0.2) is 26.6 Å². The van der Waals surface area contributed by atoms with Crippen molar-refractivity contribution >= 4 is 17.4 Å². The lowest BCUT2D eigenvalue weighted by Gasteiger charge is -2.10. The monoisotopic (exact) mass is 398 g/mol. The zero-order valence-electron chi connectivity index (χ0n) is 14.7. The van der Waals surface area contributed by atoms with Gasteiger partial charge in [-0.25, -0.2) is 9.97 Å². The molecule has 2 heterocycles. The number of anilines is 1. The molecular weight excluding hydrogens is 385 g/mol. The highest BCUT2D eigenvalue weighted by atomic mass is 19.4. The van der Waals surface area contributed by atoms with Gasteiger partial charge in [-0.3, -0.25) is 9.20 Å². The maximum Gasteiger partial charge on any atom is 0.573 e. The minimum atomic E-state index is -4.83. The average molecular weight is 398 g/mol. The van der Waals surface area contributed by atoms with Crippen molar-refractivity contribution in [3.05, 3.63) is 78.8 Å². The average Bonchev–Trinajstić information content (AvgIpc) is 3.11. The maximum absolute atomic E-state index is 12.4. The van der Waals surface area contributed by atoms with Gasteiger partial charge in [0.2, 0.25) is 5.78 Å². The van der Waals surface area contributed by atoms with Crippen LogP contribution in [-0.2, 0) is 0 Å². The van der Waals surface area contributed by atoms with E-state index in [2.05, 4.69) is 20.0 Å². The van der Waals surface area contributed by atoms with Crippen LogP contribution in [0.15, 0.2) is 73.2 Å². The van der Waals surface area contributed by atoms with Gasteiger partial charge in [0, 0.05) is 35.4 Å². The van der Waals surface area contributed by atoms with Crippen LogP contribution < -0.4 is 10.1 Å². The van der Waals surface area contributed by atoms with Crippen molar-refractivity contribution in [1.29, 1.82) is 0 Å². The van der Waals surface area contributed by atoms with Crippen LogP contribution in [0.2, 0.25) is 0 Å². The molecule has 146 valence electrons. The summed E-state index contributed by atoms with van der Waals surface area (Å²) in [5.41, 5.74) is 1.93. The van der Waals surface area contributed by atoms with Gasteiger partial charge < -0.3 is 10.1 Å². The SMILES string of the molecule is O=C(Nc1cccc(-c2cn3cccnc3n2)c1)c1cccc(OC(F)(F)F)c1. The standard InChI is InChI=1S/C20H13F3N4O2/c21-20(22,23)29-16-7-2-5-14(11-16)18(28)25-15-6-1-4-13(10-15)17-12-27-9-3-8-24-19(27)26-17/h1-12H,(H,25,28). The molecule has 2 aromatic heterocycles. The van der Waals surface area contributed by atoms with E-state index in [0.717, 1.165) is 17.7 Å². The topological polar surface area (TPSA) is 68.5 Å². The largest absolute Gasteiger partial charge is 0.573 e. The van der Waals surface area contributed by atoms with Gasteiger partial charge in [-0.2, -0.15) is 0 Å². The molecule has 0 aliphatic rings. The fourth-order valence-corrected chi connectivity index (χ4v) is 2.76. The molecule has 4 rings (SSSR count). The summed E-state index contributed by atoms with van der Waals surface area (Å²) in [6.07, 6.45) is 0.438. The minimum Gasteiger partial charge on any atom is -0.406 e. The number of amides is 1. The van der Waals surface area contributed by atoms with Crippen molar-refractivity contribution in [2.75, 3.05) is 5.32 Å². The van der Waals surface area contributed by atoms with Crippen molar-refractivity contribution in [3.63, 3.8) is 0 Å². The Morgan fingerprint density at radius 2 is 1.90 bits per heavy atom. The third-order valence-electron chi connectivity index (χ3n) is 3.98. The third-order valence-corrected chi connectivity index (χ3v) is 3.98. The molecule has 0 saturated heterocycles. The molecular formula is C20H13F3N4O2. The number of carbonyl (C=O) groups is 1. The van der Waals surface area contributed by atoms with Crippen molar-refractivity contribution in [2.24, 2.45) is 0 Å². The van der Waals surface area contributed by atoms with E-state index in [0.29, 0.717) is 17.2 Å². The number of benzene rings is 2. The number of ether oxygens (including phenoxy) is 1. The lowest BCUT2D eigenvalue weighted by Crippen LogP contribution is -2.18. The Hall–Kier alpha value is -3.88. The third kappa shape index (κ3) is 4.34. The Kier molecular flexibility index (Phi) is 4.63. The van der Waals surface area contributed by atoms with E-state index in [1.807, 2.05) is 12.3 Å². The number of hydrogen-bond donors (Lipinski definition) is 1. The smallest absolute Gasteiger partial charge is 0.406 e. The van der Waals surface area contributed by atoms with Crippen molar-refractivity contribution in [3.8, 4) is 17.0 Å². The first-order valence-corrected chi connectivity index (χ1v) is 8.45. The van der Waals surface area contributed by atoms with E-state index in [4.69, 9.17) is 0 Å². The number of imidazole rings is 1. The number of nitrogens with zero attached hydrogens (tertiary/aromatic N) is 3. The predicted molar refractivity (Wildman–Crippen MR) is 99.5 cm³/mol. The Labute approximate surface area is 162 Å². The normalized spacial score (nSPS) is 11.4. The lowest BCUT2D eigenvalue weighted by molar-refractivity contribution is -0.274. The van der Waals surface area contributed by atoms with Crippen LogP contribution in [0.4, 0.5) is 18.9 Å². The highest BCUT2D eigenvalue weighted by Gasteiger charge is 2.31.